The van der Waals surface area contributed by atoms with Crippen molar-refractivity contribution in [2.75, 3.05) is 25.3 Å². The van der Waals surface area contributed by atoms with Gasteiger partial charge in [0.2, 0.25) is 0 Å². The summed E-state index contributed by atoms with van der Waals surface area (Å²) in [5.41, 5.74) is 0. The molecule has 0 spiro atoms. The first-order valence-electron chi connectivity index (χ1n) is 2.73. The third-order valence-electron chi connectivity index (χ3n) is 1.44. The van der Waals surface area contributed by atoms with E-state index >= 15 is 0 Å². The summed E-state index contributed by atoms with van der Waals surface area (Å²) in [5, 5.41) is 8.68. The van der Waals surface area contributed by atoms with E-state index in [1.54, 1.807) is 0 Å². The molecule has 0 aliphatic carbocycles. The highest BCUT2D eigenvalue weighted by molar-refractivity contribution is 7.99. The van der Waals surface area contributed by atoms with Gasteiger partial charge in [-0.05, 0) is 7.05 Å². The second-order valence-electron chi connectivity index (χ2n) is 2.09. The maximum Gasteiger partial charge on any atom is 0.0595 e. The molecule has 0 bridgehead atoms. The highest BCUT2D eigenvalue weighted by Crippen LogP contribution is 2.17. The summed E-state index contributed by atoms with van der Waals surface area (Å²) >= 11 is 1.88. The Morgan fingerprint density at radius 1 is 1.88 bits per heavy atom. The summed E-state index contributed by atoms with van der Waals surface area (Å²) in [6.07, 6.45) is 0. The fourth-order valence-electron chi connectivity index (χ4n) is 0.757. The van der Waals surface area contributed by atoms with Crippen LogP contribution in [0, 0.1) is 0 Å². The van der Waals surface area contributed by atoms with Gasteiger partial charge in [-0.15, -0.1) is 11.8 Å². The van der Waals surface area contributed by atoms with Crippen molar-refractivity contribution in [1.82, 2.24) is 4.90 Å². The van der Waals surface area contributed by atoms with Crippen LogP contribution < -0.4 is 0 Å². The maximum atomic E-state index is 8.68. The molecule has 0 unspecified atom stereocenters. The molecule has 48 valence electrons. The number of nitrogens with zero attached hydrogens (tertiary/aromatic N) is 1. The van der Waals surface area contributed by atoms with Crippen LogP contribution in [0.4, 0.5) is 0 Å². The van der Waals surface area contributed by atoms with Gasteiger partial charge in [-0.1, -0.05) is 0 Å². The minimum Gasteiger partial charge on any atom is -0.395 e. The van der Waals surface area contributed by atoms with E-state index in [1.807, 2.05) is 18.8 Å². The van der Waals surface area contributed by atoms with Crippen molar-refractivity contribution in [1.29, 1.82) is 0 Å². The van der Waals surface area contributed by atoms with Gasteiger partial charge in [0.15, 0.2) is 0 Å². The van der Waals surface area contributed by atoms with E-state index < -0.39 is 0 Å². The molecule has 0 saturated carbocycles. The highest BCUT2D eigenvalue weighted by Gasteiger charge is 2.19. The number of thioether (sulfide) groups is 1. The number of hydrogen-bond donors (Lipinski definition) is 1. The lowest BCUT2D eigenvalue weighted by atomic mass is 10.3. The van der Waals surface area contributed by atoms with Crippen molar-refractivity contribution < 1.29 is 5.11 Å². The zero-order valence-electron chi connectivity index (χ0n) is 5.00. The molecule has 0 radical (unpaired) electrons. The Kier molecular flexibility index (Phi) is 2.16. The van der Waals surface area contributed by atoms with Gasteiger partial charge in [0, 0.05) is 17.7 Å². The lowest BCUT2D eigenvalue weighted by molar-refractivity contribution is 0.188. The van der Waals surface area contributed by atoms with E-state index in [1.165, 1.54) is 0 Å². The van der Waals surface area contributed by atoms with Crippen molar-refractivity contribution in [2.45, 2.75) is 6.04 Å². The molecule has 1 heterocycles. The average Bonchev–Trinajstić information content (AvgIpc) is 2.14. The molecule has 0 aromatic carbocycles. The van der Waals surface area contributed by atoms with Gasteiger partial charge < -0.3 is 5.11 Å². The van der Waals surface area contributed by atoms with Crippen molar-refractivity contribution in [3.63, 3.8) is 0 Å². The van der Waals surface area contributed by atoms with E-state index in [0.717, 1.165) is 11.6 Å². The Morgan fingerprint density at radius 2 is 2.62 bits per heavy atom. The third kappa shape index (κ3) is 1.16. The smallest absolute Gasteiger partial charge is 0.0595 e. The predicted octanol–water partition coefficient (Wildman–Crippen LogP) is -0.0166. The molecule has 1 N–H and O–H groups in total. The zero-order valence-corrected chi connectivity index (χ0v) is 5.82. The zero-order chi connectivity index (χ0) is 5.98. The van der Waals surface area contributed by atoms with E-state index in [4.69, 9.17) is 5.11 Å². The molecule has 0 aromatic rings. The maximum absolute atomic E-state index is 8.68. The van der Waals surface area contributed by atoms with Crippen LogP contribution in [0.15, 0.2) is 0 Å². The normalized spacial score (nSPS) is 31.5. The monoisotopic (exact) mass is 133 g/mol. The standard InChI is InChI=1S/C5H11NOS/c1-6-4-8-3-5(6)2-7/h5,7H,2-4H2,1H3/t5-/m1/s1. The molecule has 1 saturated heterocycles. The van der Waals surface area contributed by atoms with Gasteiger partial charge in [0.25, 0.3) is 0 Å². The Bertz CT molecular complexity index is 78.8. The highest BCUT2D eigenvalue weighted by atomic mass is 32.2. The molecule has 1 atom stereocenters. The molecule has 0 aromatic heterocycles. The number of rotatable bonds is 1. The molecule has 1 rings (SSSR count). The Labute approximate surface area is 53.9 Å². The Hall–Kier alpha value is 0.270. The van der Waals surface area contributed by atoms with Crippen LogP contribution >= 0.6 is 11.8 Å². The van der Waals surface area contributed by atoms with E-state index in [0.29, 0.717) is 12.6 Å². The van der Waals surface area contributed by atoms with Gasteiger partial charge in [-0.3, -0.25) is 4.90 Å². The predicted molar refractivity (Wildman–Crippen MR) is 36.0 cm³/mol. The largest absolute Gasteiger partial charge is 0.395 e. The average molecular weight is 133 g/mol. The van der Waals surface area contributed by atoms with E-state index in [2.05, 4.69) is 4.90 Å². The SMILES string of the molecule is CN1CSC[C@H]1CO. The van der Waals surface area contributed by atoms with Crippen molar-refractivity contribution in [3.05, 3.63) is 0 Å². The third-order valence-corrected chi connectivity index (χ3v) is 2.65. The molecule has 0 amide bonds. The molecule has 8 heavy (non-hydrogen) atoms. The molecule has 1 aliphatic rings. The van der Waals surface area contributed by atoms with Gasteiger partial charge in [-0.2, -0.15) is 0 Å². The summed E-state index contributed by atoms with van der Waals surface area (Å²) in [7, 11) is 2.04. The lowest BCUT2D eigenvalue weighted by Crippen LogP contribution is -2.29. The second kappa shape index (κ2) is 2.71. The molecule has 2 nitrogen and oxygen atoms in total. The van der Waals surface area contributed by atoms with Gasteiger partial charge >= 0.3 is 0 Å². The summed E-state index contributed by atoms with van der Waals surface area (Å²) in [4.78, 5) is 2.17. The number of hydrogen-bond acceptors (Lipinski definition) is 3. The molecule has 1 fully saturated rings. The fraction of sp³-hybridized carbons (Fsp3) is 1.00. The number of aliphatic hydroxyl groups is 1. The summed E-state index contributed by atoms with van der Waals surface area (Å²) in [6.45, 7) is 0.309. The minimum atomic E-state index is 0.309. The van der Waals surface area contributed by atoms with E-state index in [9.17, 15) is 0 Å². The van der Waals surface area contributed by atoms with Crippen LogP contribution in [-0.2, 0) is 0 Å². The van der Waals surface area contributed by atoms with Crippen LogP contribution in [-0.4, -0.2) is 41.3 Å². The van der Waals surface area contributed by atoms with Crippen LogP contribution in [0.3, 0.4) is 0 Å². The summed E-state index contributed by atoms with van der Waals surface area (Å²) in [5.74, 6) is 2.16. The van der Waals surface area contributed by atoms with E-state index in [-0.39, 0.29) is 0 Å². The van der Waals surface area contributed by atoms with Gasteiger partial charge in [0.1, 0.15) is 0 Å². The topological polar surface area (TPSA) is 23.5 Å². The molecule has 3 heteroatoms. The lowest BCUT2D eigenvalue weighted by Gasteiger charge is -2.13. The van der Waals surface area contributed by atoms with Crippen molar-refractivity contribution in [3.8, 4) is 0 Å². The van der Waals surface area contributed by atoms with Crippen LogP contribution in [0.25, 0.3) is 0 Å². The van der Waals surface area contributed by atoms with Crippen LogP contribution in [0.5, 0.6) is 0 Å². The van der Waals surface area contributed by atoms with Crippen LogP contribution in [0.2, 0.25) is 0 Å². The minimum absolute atomic E-state index is 0.309. The quantitative estimate of drug-likeness (QED) is 0.544. The Morgan fingerprint density at radius 3 is 2.88 bits per heavy atom. The first kappa shape index (κ1) is 6.39. The van der Waals surface area contributed by atoms with Crippen molar-refractivity contribution >= 4 is 11.8 Å². The van der Waals surface area contributed by atoms with Gasteiger partial charge in [0.05, 0.1) is 6.61 Å². The van der Waals surface area contributed by atoms with Crippen LogP contribution in [0.1, 0.15) is 0 Å². The summed E-state index contributed by atoms with van der Waals surface area (Å²) in [6, 6.07) is 0.417. The summed E-state index contributed by atoms with van der Waals surface area (Å²) < 4.78 is 0. The fourth-order valence-corrected chi connectivity index (χ4v) is 1.99. The first-order valence-corrected chi connectivity index (χ1v) is 3.89. The van der Waals surface area contributed by atoms with Gasteiger partial charge in [-0.25, -0.2) is 0 Å². The number of likely N-dealkylation sites (N-methyl/N-ethyl adjacent to an activating group) is 1. The first-order chi connectivity index (χ1) is 3.84. The molecule has 1 aliphatic heterocycles. The Balaban J connectivity index is 2.30. The number of aliphatic hydroxyl groups excluding tert-OH is 1. The van der Waals surface area contributed by atoms with Crippen molar-refractivity contribution in [2.24, 2.45) is 0 Å². The second-order valence-corrected chi connectivity index (χ2v) is 3.09. The molecular weight excluding hydrogens is 122 g/mol. The molecular formula is C5H11NOS.